The molecule has 1 aliphatic rings. The monoisotopic (exact) mass is 512 g/mol. The van der Waals surface area contributed by atoms with Crippen LogP contribution >= 0.6 is 0 Å². The summed E-state index contributed by atoms with van der Waals surface area (Å²) in [5.74, 6) is 0. The van der Waals surface area contributed by atoms with Crippen molar-refractivity contribution in [2.45, 2.75) is 68.6 Å². The van der Waals surface area contributed by atoms with E-state index in [1.807, 2.05) is 6.55 Å². The Bertz CT molecular complexity index is 476. The van der Waals surface area contributed by atoms with Gasteiger partial charge in [-0.15, -0.1) is 0 Å². The maximum absolute atomic E-state index is 9.48. The molecule has 1 aliphatic heterocycles. The van der Waals surface area contributed by atoms with Crippen molar-refractivity contribution in [3.63, 3.8) is 0 Å². The number of ether oxygens (including phenoxy) is 1. The van der Waals surface area contributed by atoms with Crippen LogP contribution in [0.4, 0.5) is 0 Å². The van der Waals surface area contributed by atoms with Crippen LogP contribution in [0.2, 0.25) is 18.6 Å². The molecule has 0 radical (unpaired) electrons. The van der Waals surface area contributed by atoms with Gasteiger partial charge in [0.2, 0.25) is 0 Å². The highest BCUT2D eigenvalue weighted by Crippen LogP contribution is 2.42. The van der Waals surface area contributed by atoms with Gasteiger partial charge < -0.3 is 44.3 Å². The molecular formula is C21H52N4O6Si2. The number of nitrogens with one attached hydrogen (secondary N) is 2. The molecule has 1 fully saturated rings. The van der Waals surface area contributed by atoms with Crippen LogP contribution in [0.3, 0.4) is 0 Å². The molecule has 2 unspecified atom stereocenters. The minimum atomic E-state index is -2.25. The molecule has 0 saturated carbocycles. The Kier molecular flexibility index (Phi) is 18.3. The van der Waals surface area contributed by atoms with Gasteiger partial charge in [0.05, 0.1) is 0 Å². The molecule has 1 saturated heterocycles. The summed E-state index contributed by atoms with van der Waals surface area (Å²) in [5.41, 5.74) is 10.8. The molecule has 0 aromatic rings. The van der Waals surface area contributed by atoms with Crippen molar-refractivity contribution in [1.82, 2.24) is 10.6 Å². The lowest BCUT2D eigenvalue weighted by molar-refractivity contribution is -0.0156. The van der Waals surface area contributed by atoms with Gasteiger partial charge in [-0.25, -0.2) is 0 Å². The highest BCUT2D eigenvalue weighted by molar-refractivity contribution is 6.70. The van der Waals surface area contributed by atoms with E-state index in [2.05, 4.69) is 10.6 Å². The van der Waals surface area contributed by atoms with Crippen molar-refractivity contribution in [3.8, 4) is 0 Å². The normalized spacial score (nSPS) is 21.4. The van der Waals surface area contributed by atoms with Crippen molar-refractivity contribution in [2.24, 2.45) is 11.5 Å². The minimum absolute atomic E-state index is 0.195. The smallest absolute Gasteiger partial charge is 0.370 e. The third-order valence-corrected chi connectivity index (χ3v) is 13.9. The summed E-state index contributed by atoms with van der Waals surface area (Å²) < 4.78 is 28.3. The lowest BCUT2D eigenvalue weighted by atomic mass is 10.1. The Morgan fingerprint density at radius 3 is 2.15 bits per heavy atom. The van der Waals surface area contributed by atoms with Crippen molar-refractivity contribution < 1.29 is 27.5 Å². The molecule has 200 valence electrons. The Morgan fingerprint density at radius 2 is 1.64 bits per heavy atom. The quantitative estimate of drug-likeness (QED) is 0.108. The maximum Gasteiger partial charge on any atom is 0.370 e. The third-order valence-electron chi connectivity index (χ3n) is 6.60. The zero-order valence-corrected chi connectivity index (χ0v) is 23.9. The fourth-order valence-electron chi connectivity index (χ4n) is 4.29. The van der Waals surface area contributed by atoms with Crippen molar-refractivity contribution in [1.29, 1.82) is 0 Å². The molecule has 0 amide bonds. The highest BCUT2D eigenvalue weighted by atomic mass is 28.4. The standard InChI is InChI=1S/C13H30N2O3Si.C8H22N2O3Si/c1-16-13(8-6-10-15-11-9-14)7-4-5-12-19(13,17-2)18-3;1-12-14(3,13-2)7-4-8(11)10-6-5-9/h15H,4-12,14H2,1-3H3;8,10-11H,4-7,9H2,1-3H3. The predicted molar refractivity (Wildman–Crippen MR) is 137 cm³/mol. The van der Waals surface area contributed by atoms with Crippen LogP contribution < -0.4 is 22.1 Å². The molecule has 33 heavy (non-hydrogen) atoms. The molecule has 0 spiro atoms. The molecule has 1 heterocycles. The topological polar surface area (TPSA) is 142 Å². The van der Waals surface area contributed by atoms with Gasteiger partial charge in [0, 0.05) is 61.7 Å². The number of hydrogen-bond acceptors (Lipinski definition) is 10. The first-order chi connectivity index (χ1) is 15.8. The number of aliphatic hydroxyl groups excluding tert-OH is 1. The van der Waals surface area contributed by atoms with Crippen LogP contribution in [0.5, 0.6) is 0 Å². The second-order valence-electron chi connectivity index (χ2n) is 8.55. The summed E-state index contributed by atoms with van der Waals surface area (Å²) in [6.07, 6.45) is 5.61. The Hall–Kier alpha value is 0.0338. The van der Waals surface area contributed by atoms with Crippen LogP contribution in [-0.2, 0) is 22.4 Å². The van der Waals surface area contributed by atoms with Crippen LogP contribution in [0.15, 0.2) is 0 Å². The molecule has 7 N–H and O–H groups in total. The lowest BCUT2D eigenvalue weighted by Gasteiger charge is -2.48. The molecular weight excluding hydrogens is 460 g/mol. The number of methoxy groups -OCH3 is 1. The molecule has 2 atom stereocenters. The van der Waals surface area contributed by atoms with E-state index in [1.54, 1.807) is 35.5 Å². The van der Waals surface area contributed by atoms with E-state index in [0.29, 0.717) is 26.1 Å². The van der Waals surface area contributed by atoms with Crippen molar-refractivity contribution >= 4 is 17.1 Å². The Balaban J connectivity index is 0.000000653. The van der Waals surface area contributed by atoms with Crippen LogP contribution in [0, 0.1) is 0 Å². The zero-order valence-electron chi connectivity index (χ0n) is 21.9. The van der Waals surface area contributed by atoms with Gasteiger partial charge in [-0.2, -0.15) is 0 Å². The largest absolute Gasteiger partial charge is 0.398 e. The number of nitrogens with two attached hydrogens (primary N) is 2. The summed E-state index contributed by atoms with van der Waals surface area (Å²) in [7, 11) is 4.37. The number of hydrogen-bond donors (Lipinski definition) is 5. The molecule has 0 aromatic heterocycles. The van der Waals surface area contributed by atoms with Gasteiger partial charge in [0.1, 0.15) is 11.5 Å². The fraction of sp³-hybridized carbons (Fsp3) is 1.00. The van der Waals surface area contributed by atoms with E-state index in [1.165, 1.54) is 12.8 Å². The van der Waals surface area contributed by atoms with Gasteiger partial charge in [0.15, 0.2) is 0 Å². The van der Waals surface area contributed by atoms with E-state index in [0.717, 1.165) is 44.4 Å². The highest BCUT2D eigenvalue weighted by Gasteiger charge is 2.58. The van der Waals surface area contributed by atoms with Gasteiger partial charge in [-0.05, 0) is 50.9 Å². The SMILES string of the molecule is COC1(CCCNCCN)CCCC[Si]1(OC)OC.CO[Si](C)(CCC(O)NCCN)OC. The predicted octanol–water partition coefficient (Wildman–Crippen LogP) is 0.766. The maximum atomic E-state index is 9.48. The Morgan fingerprint density at radius 1 is 1.00 bits per heavy atom. The molecule has 0 aliphatic carbocycles. The van der Waals surface area contributed by atoms with Crippen LogP contribution in [-0.4, -0.2) is 102 Å². The van der Waals surface area contributed by atoms with E-state index in [9.17, 15) is 5.11 Å². The third kappa shape index (κ3) is 11.1. The van der Waals surface area contributed by atoms with Crippen LogP contribution in [0.1, 0.15) is 38.5 Å². The first kappa shape index (κ1) is 33.0. The minimum Gasteiger partial charge on any atom is -0.398 e. The Labute approximate surface area is 203 Å². The van der Waals surface area contributed by atoms with E-state index in [-0.39, 0.29) is 5.22 Å². The summed E-state index contributed by atoms with van der Waals surface area (Å²) in [6.45, 7) is 5.66. The number of rotatable bonds is 17. The van der Waals surface area contributed by atoms with Gasteiger partial charge >= 0.3 is 17.1 Å². The average Bonchev–Trinajstić information content (AvgIpc) is 2.86. The molecule has 0 bridgehead atoms. The van der Waals surface area contributed by atoms with Gasteiger partial charge in [-0.3, -0.25) is 5.32 Å². The van der Waals surface area contributed by atoms with Crippen molar-refractivity contribution in [2.75, 3.05) is 68.3 Å². The first-order valence-electron chi connectivity index (χ1n) is 12.1. The van der Waals surface area contributed by atoms with Gasteiger partial charge in [0.25, 0.3) is 0 Å². The second-order valence-corrected chi connectivity index (χ2v) is 15.9. The van der Waals surface area contributed by atoms with Gasteiger partial charge in [-0.1, -0.05) is 12.8 Å². The molecule has 10 nitrogen and oxygen atoms in total. The first-order valence-corrected chi connectivity index (χ1v) is 16.6. The van der Waals surface area contributed by atoms with E-state index < -0.39 is 23.3 Å². The van der Waals surface area contributed by atoms with E-state index in [4.69, 9.17) is 33.9 Å². The van der Waals surface area contributed by atoms with Crippen molar-refractivity contribution in [3.05, 3.63) is 0 Å². The zero-order chi connectivity index (χ0) is 25.2. The number of aliphatic hydroxyl groups is 1. The van der Waals surface area contributed by atoms with E-state index >= 15 is 0 Å². The fourth-order valence-corrected chi connectivity index (χ4v) is 9.57. The van der Waals surface area contributed by atoms with Crippen LogP contribution in [0.25, 0.3) is 0 Å². The molecule has 12 heteroatoms. The average molecular weight is 513 g/mol. The second kappa shape index (κ2) is 18.3. The summed E-state index contributed by atoms with van der Waals surface area (Å²) >= 11 is 0. The lowest BCUT2D eigenvalue weighted by Crippen LogP contribution is -2.64. The summed E-state index contributed by atoms with van der Waals surface area (Å²) in [5, 5.41) is 15.5. The summed E-state index contributed by atoms with van der Waals surface area (Å²) in [4.78, 5) is 0. The molecule has 0 aromatic carbocycles. The molecule has 1 rings (SSSR count). The summed E-state index contributed by atoms with van der Waals surface area (Å²) in [6, 6.07) is 1.79.